The topological polar surface area (TPSA) is 80.7 Å². The Hall–Kier alpha value is -1.49. The molecule has 0 saturated heterocycles. The van der Waals surface area contributed by atoms with Crippen LogP contribution >= 0.6 is 0 Å². The van der Waals surface area contributed by atoms with Crippen molar-refractivity contribution in [2.24, 2.45) is 34.0 Å². The normalized spacial score (nSPS) is 48.0. The lowest BCUT2D eigenvalue weighted by Gasteiger charge is -2.64. The van der Waals surface area contributed by atoms with Gasteiger partial charge in [-0.15, -0.1) is 0 Å². The van der Waals surface area contributed by atoms with E-state index in [4.69, 9.17) is 4.74 Å². The van der Waals surface area contributed by atoms with E-state index in [1.54, 1.807) is 0 Å². The smallest absolute Gasteiger partial charge is 0.302 e. The Bertz CT molecular complexity index is 752. The zero-order valence-electron chi connectivity index (χ0n) is 16.7. The third-order valence-corrected chi connectivity index (χ3v) is 8.36. The first kappa shape index (κ1) is 18.9. The lowest BCUT2D eigenvalue weighted by atomic mass is 9.39. The van der Waals surface area contributed by atoms with Crippen molar-refractivity contribution in [1.29, 1.82) is 0 Å². The van der Waals surface area contributed by atoms with Gasteiger partial charge in [-0.3, -0.25) is 14.4 Å². The Morgan fingerprint density at radius 1 is 1.26 bits per heavy atom. The minimum absolute atomic E-state index is 0.00184. The summed E-state index contributed by atoms with van der Waals surface area (Å²) in [5, 5.41) is 11.1. The summed E-state index contributed by atoms with van der Waals surface area (Å²) in [6, 6.07) is 0. The van der Waals surface area contributed by atoms with Gasteiger partial charge in [-0.1, -0.05) is 27.4 Å². The summed E-state index contributed by atoms with van der Waals surface area (Å²) < 4.78 is 5.57. The minimum atomic E-state index is -0.786. The number of fused-ring (bicyclic) bond motifs is 3. The fourth-order valence-electron chi connectivity index (χ4n) is 7.72. The Morgan fingerprint density at radius 2 is 1.93 bits per heavy atom. The summed E-state index contributed by atoms with van der Waals surface area (Å²) >= 11 is 0. The highest BCUT2D eigenvalue weighted by atomic mass is 16.5. The highest BCUT2D eigenvalue weighted by Gasteiger charge is 2.72. The van der Waals surface area contributed by atoms with Crippen molar-refractivity contribution in [2.45, 2.75) is 72.0 Å². The van der Waals surface area contributed by atoms with Gasteiger partial charge in [0.25, 0.3) is 0 Å². The number of esters is 1. The lowest BCUT2D eigenvalue weighted by Crippen LogP contribution is -2.66. The fourth-order valence-corrected chi connectivity index (χ4v) is 7.72. The third-order valence-electron chi connectivity index (χ3n) is 8.36. The van der Waals surface area contributed by atoms with E-state index in [1.807, 2.05) is 13.8 Å². The van der Waals surface area contributed by atoms with Crippen LogP contribution in [0.4, 0.5) is 0 Å². The van der Waals surface area contributed by atoms with Gasteiger partial charge in [0, 0.05) is 36.0 Å². The predicted octanol–water partition coefficient (Wildman–Crippen LogP) is 2.85. The number of hydrogen-bond acceptors (Lipinski definition) is 5. The van der Waals surface area contributed by atoms with Gasteiger partial charge in [0.05, 0.1) is 6.10 Å². The number of aliphatic hydroxyl groups is 1. The molecule has 5 nitrogen and oxygen atoms in total. The molecular formula is C22H30O5. The van der Waals surface area contributed by atoms with Crippen molar-refractivity contribution in [2.75, 3.05) is 0 Å². The standard InChI is InChI=1S/C22H30O5/c1-11-13-8-14(24)18-21(5)7-6-16(27-12(2)23)20(3,4)17(21)15(25)10-22(18,9-13)19(11)26/h13-14,16-18,24H,1,6-10H2,2-5H3/t13-,14+,16+,17-,18+,21-,22+/m1/s1. The van der Waals surface area contributed by atoms with Gasteiger partial charge < -0.3 is 9.84 Å². The second-order valence-corrected chi connectivity index (χ2v) is 10.2. The van der Waals surface area contributed by atoms with Crippen molar-refractivity contribution in [3.8, 4) is 0 Å². The summed E-state index contributed by atoms with van der Waals surface area (Å²) in [7, 11) is 0. The number of aliphatic hydroxyl groups excluding tert-OH is 1. The Labute approximate surface area is 160 Å². The lowest BCUT2D eigenvalue weighted by molar-refractivity contribution is -0.211. The first-order valence-corrected chi connectivity index (χ1v) is 10.1. The van der Waals surface area contributed by atoms with Crippen LogP contribution in [0.3, 0.4) is 0 Å². The number of hydrogen-bond donors (Lipinski definition) is 1. The highest BCUT2D eigenvalue weighted by molar-refractivity contribution is 6.06. The summed E-state index contributed by atoms with van der Waals surface area (Å²) in [5.41, 5.74) is -1.21. The van der Waals surface area contributed by atoms with Crippen LogP contribution in [0, 0.1) is 34.0 Å². The molecule has 0 aromatic carbocycles. The molecule has 0 aromatic heterocycles. The van der Waals surface area contributed by atoms with E-state index in [1.165, 1.54) is 6.92 Å². The molecule has 0 heterocycles. The van der Waals surface area contributed by atoms with Crippen LogP contribution in [0.15, 0.2) is 12.2 Å². The largest absolute Gasteiger partial charge is 0.462 e. The molecule has 27 heavy (non-hydrogen) atoms. The molecule has 1 spiro atoms. The van der Waals surface area contributed by atoms with Gasteiger partial charge >= 0.3 is 5.97 Å². The van der Waals surface area contributed by atoms with Gasteiger partial charge in [-0.05, 0) is 42.6 Å². The van der Waals surface area contributed by atoms with Crippen molar-refractivity contribution in [3.05, 3.63) is 12.2 Å². The Kier molecular flexibility index (Phi) is 3.86. The maximum absolute atomic E-state index is 13.5. The summed E-state index contributed by atoms with van der Waals surface area (Å²) in [4.78, 5) is 38.2. The SMILES string of the molecule is C=C1C(=O)[C@@]23CC(=O)[C@@H]4C(C)(C)[C@@H](OC(C)=O)CC[C@@]4(C)[C@@H]2[C@@H](O)C[C@@H]1C3. The molecule has 2 bridgehead atoms. The molecule has 0 amide bonds. The maximum Gasteiger partial charge on any atom is 0.302 e. The number of carbonyl (C=O) groups excluding carboxylic acids is 3. The predicted molar refractivity (Wildman–Crippen MR) is 98.6 cm³/mol. The van der Waals surface area contributed by atoms with Crippen LogP contribution < -0.4 is 0 Å². The number of Topliss-reactive ketones (excluding diaryl/α,β-unsaturated/α-hetero) is 2. The molecule has 4 rings (SSSR count). The van der Waals surface area contributed by atoms with Crippen LogP contribution in [0.5, 0.6) is 0 Å². The van der Waals surface area contributed by atoms with Gasteiger partial charge in [0.15, 0.2) is 5.78 Å². The molecule has 4 aliphatic rings. The van der Waals surface area contributed by atoms with Gasteiger partial charge in [-0.2, -0.15) is 0 Å². The van der Waals surface area contributed by atoms with E-state index < -0.39 is 22.3 Å². The van der Waals surface area contributed by atoms with Crippen LogP contribution in [0.2, 0.25) is 0 Å². The molecule has 1 N–H and O–H groups in total. The third kappa shape index (κ3) is 2.24. The highest BCUT2D eigenvalue weighted by Crippen LogP contribution is 2.70. The van der Waals surface area contributed by atoms with E-state index in [0.717, 1.165) is 0 Å². The zero-order valence-corrected chi connectivity index (χ0v) is 16.7. The summed E-state index contributed by atoms with van der Waals surface area (Å²) in [5.74, 6) is -0.838. The number of ether oxygens (including phenoxy) is 1. The van der Waals surface area contributed by atoms with Crippen molar-refractivity contribution in [3.63, 3.8) is 0 Å². The number of carbonyl (C=O) groups is 3. The summed E-state index contributed by atoms with van der Waals surface area (Å²) in [6.07, 6.45) is 1.76. The van der Waals surface area contributed by atoms with Crippen LogP contribution in [0.1, 0.15) is 59.8 Å². The molecule has 5 heteroatoms. The van der Waals surface area contributed by atoms with Gasteiger partial charge in [0.2, 0.25) is 0 Å². The fraction of sp³-hybridized carbons (Fsp3) is 0.773. The molecule has 4 fully saturated rings. The average molecular weight is 374 g/mol. The first-order valence-electron chi connectivity index (χ1n) is 10.1. The van der Waals surface area contributed by atoms with E-state index in [0.29, 0.717) is 31.3 Å². The van der Waals surface area contributed by atoms with Crippen LogP contribution in [-0.2, 0) is 19.1 Å². The minimum Gasteiger partial charge on any atom is -0.462 e. The molecule has 4 aliphatic carbocycles. The molecule has 0 aromatic rings. The molecular weight excluding hydrogens is 344 g/mol. The van der Waals surface area contributed by atoms with E-state index in [2.05, 4.69) is 13.5 Å². The monoisotopic (exact) mass is 374 g/mol. The molecule has 0 aliphatic heterocycles. The first-order chi connectivity index (χ1) is 12.4. The van der Waals surface area contributed by atoms with Crippen LogP contribution in [0.25, 0.3) is 0 Å². The average Bonchev–Trinajstić information content (AvgIpc) is 2.70. The summed E-state index contributed by atoms with van der Waals surface area (Å²) in [6.45, 7) is 11.5. The maximum atomic E-state index is 13.5. The van der Waals surface area contributed by atoms with E-state index in [-0.39, 0.29) is 47.8 Å². The number of rotatable bonds is 1. The molecule has 7 atom stereocenters. The zero-order chi connectivity index (χ0) is 19.9. The van der Waals surface area contributed by atoms with Gasteiger partial charge in [0.1, 0.15) is 11.9 Å². The van der Waals surface area contributed by atoms with Crippen molar-refractivity contribution >= 4 is 17.5 Å². The Morgan fingerprint density at radius 3 is 2.56 bits per heavy atom. The van der Waals surface area contributed by atoms with E-state index >= 15 is 0 Å². The number of allylic oxidation sites excluding steroid dienone is 1. The second kappa shape index (κ2) is 5.53. The van der Waals surface area contributed by atoms with Crippen molar-refractivity contribution in [1.82, 2.24) is 0 Å². The van der Waals surface area contributed by atoms with Gasteiger partial charge in [-0.25, -0.2) is 0 Å². The van der Waals surface area contributed by atoms with Crippen LogP contribution in [-0.4, -0.2) is 34.9 Å². The quantitative estimate of drug-likeness (QED) is 0.564. The van der Waals surface area contributed by atoms with E-state index in [9.17, 15) is 19.5 Å². The molecule has 4 saturated carbocycles. The molecule has 0 unspecified atom stereocenters. The second-order valence-electron chi connectivity index (χ2n) is 10.2. The Balaban J connectivity index is 1.81. The van der Waals surface area contributed by atoms with Crippen molar-refractivity contribution < 1.29 is 24.2 Å². The number of ketones is 2. The molecule has 0 radical (unpaired) electrons. The molecule has 148 valence electrons.